The summed E-state index contributed by atoms with van der Waals surface area (Å²) < 4.78 is 0. The van der Waals surface area contributed by atoms with Crippen LogP contribution in [-0.2, 0) is 0 Å². The third-order valence-corrected chi connectivity index (χ3v) is 2.94. The molecule has 9 heavy (non-hydrogen) atoms. The summed E-state index contributed by atoms with van der Waals surface area (Å²) in [6, 6.07) is 0.977. The second-order valence-corrected chi connectivity index (χ2v) is 3.51. The molecule has 2 aliphatic heterocycles. The third kappa shape index (κ3) is 0.787. The van der Waals surface area contributed by atoms with Crippen LogP contribution in [0.25, 0.3) is 0 Å². The van der Waals surface area contributed by atoms with Crippen molar-refractivity contribution in [3.05, 3.63) is 0 Å². The highest BCUT2D eigenvalue weighted by Gasteiger charge is 2.33. The van der Waals surface area contributed by atoms with Gasteiger partial charge < -0.3 is 4.90 Å². The van der Waals surface area contributed by atoms with E-state index in [4.69, 9.17) is 0 Å². The molecular formula is C8H15N. The second-order valence-electron chi connectivity index (χ2n) is 3.51. The minimum absolute atomic E-state index is 0.977. The van der Waals surface area contributed by atoms with E-state index in [1.807, 2.05) is 0 Å². The van der Waals surface area contributed by atoms with E-state index >= 15 is 0 Å². The molecule has 1 nitrogen and oxygen atoms in total. The highest BCUT2D eigenvalue weighted by molar-refractivity contribution is 4.88. The maximum atomic E-state index is 2.66. The zero-order valence-corrected chi connectivity index (χ0v) is 6.14. The van der Waals surface area contributed by atoms with Gasteiger partial charge in [0, 0.05) is 6.04 Å². The average molecular weight is 125 g/mol. The van der Waals surface area contributed by atoms with Crippen molar-refractivity contribution in [2.45, 2.75) is 32.2 Å². The molecular weight excluding hydrogens is 110 g/mol. The van der Waals surface area contributed by atoms with E-state index in [2.05, 4.69) is 11.8 Å². The molecule has 2 fully saturated rings. The Morgan fingerprint density at radius 2 is 2.11 bits per heavy atom. The molecule has 0 radical (unpaired) electrons. The summed E-state index contributed by atoms with van der Waals surface area (Å²) in [6.07, 6.45) is 4.38. The highest BCUT2D eigenvalue weighted by atomic mass is 15.2. The predicted octanol–water partition coefficient (Wildman–Crippen LogP) is 1.49. The van der Waals surface area contributed by atoms with Gasteiger partial charge in [0.2, 0.25) is 0 Å². The van der Waals surface area contributed by atoms with Crippen LogP contribution >= 0.6 is 0 Å². The van der Waals surface area contributed by atoms with Crippen molar-refractivity contribution in [2.75, 3.05) is 13.1 Å². The fourth-order valence-electron chi connectivity index (χ4n) is 2.34. The van der Waals surface area contributed by atoms with Crippen molar-refractivity contribution in [1.82, 2.24) is 4.90 Å². The molecule has 0 N–H and O–H groups in total. The molecule has 0 spiro atoms. The Hall–Kier alpha value is -0.0400. The van der Waals surface area contributed by atoms with Crippen LogP contribution in [0, 0.1) is 5.92 Å². The first-order valence-electron chi connectivity index (χ1n) is 4.12. The fraction of sp³-hybridized carbons (Fsp3) is 1.00. The minimum Gasteiger partial charge on any atom is -0.300 e. The van der Waals surface area contributed by atoms with Gasteiger partial charge in [0.15, 0.2) is 0 Å². The lowest BCUT2D eigenvalue weighted by Gasteiger charge is -2.16. The molecule has 0 amide bonds. The summed E-state index contributed by atoms with van der Waals surface area (Å²) >= 11 is 0. The molecule has 2 saturated heterocycles. The maximum absolute atomic E-state index is 2.66. The fourth-order valence-corrected chi connectivity index (χ4v) is 2.34. The van der Waals surface area contributed by atoms with Gasteiger partial charge in [0.1, 0.15) is 0 Å². The molecule has 2 rings (SSSR count). The van der Waals surface area contributed by atoms with Gasteiger partial charge in [-0.15, -0.1) is 0 Å². The van der Waals surface area contributed by atoms with Gasteiger partial charge in [-0.05, 0) is 38.3 Å². The van der Waals surface area contributed by atoms with E-state index in [1.54, 1.807) is 0 Å². The molecule has 0 aromatic rings. The van der Waals surface area contributed by atoms with E-state index in [-0.39, 0.29) is 0 Å². The zero-order chi connectivity index (χ0) is 6.27. The minimum atomic E-state index is 0.977. The number of hydrogen-bond donors (Lipinski definition) is 0. The Labute approximate surface area is 57.0 Å². The predicted molar refractivity (Wildman–Crippen MR) is 38.4 cm³/mol. The average Bonchev–Trinajstić information content (AvgIpc) is 2.35. The van der Waals surface area contributed by atoms with Gasteiger partial charge in [-0.3, -0.25) is 0 Å². The Morgan fingerprint density at radius 3 is 2.89 bits per heavy atom. The van der Waals surface area contributed by atoms with Crippen LogP contribution in [-0.4, -0.2) is 24.0 Å². The number of hydrogen-bond acceptors (Lipinski definition) is 1. The van der Waals surface area contributed by atoms with E-state index in [0.717, 1.165) is 12.0 Å². The van der Waals surface area contributed by atoms with Crippen molar-refractivity contribution in [3.8, 4) is 0 Å². The molecule has 0 aromatic heterocycles. The number of rotatable bonds is 0. The smallest absolute Gasteiger partial charge is 0.0122 e. The summed E-state index contributed by atoms with van der Waals surface area (Å²) in [5.74, 6) is 0.993. The summed E-state index contributed by atoms with van der Waals surface area (Å²) in [5, 5.41) is 0. The third-order valence-electron chi connectivity index (χ3n) is 2.94. The van der Waals surface area contributed by atoms with Crippen LogP contribution in [0.2, 0.25) is 0 Å². The lowest BCUT2D eigenvalue weighted by atomic mass is 10.0. The van der Waals surface area contributed by atoms with Gasteiger partial charge in [-0.25, -0.2) is 0 Å². The van der Waals surface area contributed by atoms with E-state index < -0.39 is 0 Å². The van der Waals surface area contributed by atoms with Gasteiger partial charge in [0.25, 0.3) is 0 Å². The van der Waals surface area contributed by atoms with Crippen LogP contribution in [0.1, 0.15) is 26.2 Å². The lowest BCUT2D eigenvalue weighted by molar-refractivity contribution is 0.298. The molecule has 52 valence electrons. The summed E-state index contributed by atoms with van der Waals surface area (Å²) in [4.78, 5) is 2.66. The molecule has 2 aliphatic rings. The summed E-state index contributed by atoms with van der Waals surface area (Å²) in [7, 11) is 0. The Balaban J connectivity index is 2.07. The Bertz CT molecular complexity index is 111. The van der Waals surface area contributed by atoms with Gasteiger partial charge in [-0.2, -0.15) is 0 Å². The van der Waals surface area contributed by atoms with Crippen LogP contribution < -0.4 is 0 Å². The lowest BCUT2D eigenvalue weighted by Crippen LogP contribution is -2.24. The van der Waals surface area contributed by atoms with E-state index in [0.29, 0.717) is 0 Å². The Kier molecular flexibility index (Phi) is 1.26. The van der Waals surface area contributed by atoms with Crippen molar-refractivity contribution >= 4 is 0 Å². The van der Waals surface area contributed by atoms with E-state index in [1.165, 1.54) is 32.4 Å². The first-order chi connectivity index (χ1) is 4.38. The van der Waals surface area contributed by atoms with Crippen molar-refractivity contribution in [1.29, 1.82) is 0 Å². The molecule has 2 heterocycles. The van der Waals surface area contributed by atoms with Gasteiger partial charge in [0.05, 0.1) is 0 Å². The highest BCUT2D eigenvalue weighted by Crippen LogP contribution is 2.31. The Morgan fingerprint density at radius 1 is 1.22 bits per heavy atom. The molecule has 0 aromatic carbocycles. The van der Waals surface area contributed by atoms with Gasteiger partial charge in [-0.1, -0.05) is 6.92 Å². The summed E-state index contributed by atoms with van der Waals surface area (Å²) in [6.45, 7) is 5.16. The van der Waals surface area contributed by atoms with Crippen molar-refractivity contribution < 1.29 is 0 Å². The largest absolute Gasteiger partial charge is 0.300 e. The molecule has 0 unspecified atom stereocenters. The second kappa shape index (κ2) is 1.98. The normalized spacial score (nSPS) is 43.7. The quantitative estimate of drug-likeness (QED) is 0.474. The molecule has 2 atom stereocenters. The van der Waals surface area contributed by atoms with Crippen molar-refractivity contribution in [3.63, 3.8) is 0 Å². The van der Waals surface area contributed by atoms with Crippen LogP contribution in [0.3, 0.4) is 0 Å². The van der Waals surface area contributed by atoms with E-state index in [9.17, 15) is 0 Å². The topological polar surface area (TPSA) is 3.24 Å². The number of fused-ring (bicyclic) bond motifs is 1. The standard InChI is InChI=1S/C8H15N/c1-7-4-6-9-5-2-3-8(7)9/h7-8H,2-6H2,1H3/t7-,8+/m0/s1. The molecule has 0 bridgehead atoms. The molecule has 0 aliphatic carbocycles. The maximum Gasteiger partial charge on any atom is 0.0122 e. The van der Waals surface area contributed by atoms with Crippen molar-refractivity contribution in [2.24, 2.45) is 5.92 Å². The SMILES string of the molecule is C[C@H]1CCN2CCC[C@H]12. The number of nitrogens with zero attached hydrogens (tertiary/aromatic N) is 1. The van der Waals surface area contributed by atoms with Gasteiger partial charge >= 0.3 is 0 Å². The monoisotopic (exact) mass is 125 g/mol. The zero-order valence-electron chi connectivity index (χ0n) is 6.14. The summed E-state index contributed by atoms with van der Waals surface area (Å²) in [5.41, 5.74) is 0. The van der Waals surface area contributed by atoms with Crippen LogP contribution in [0.5, 0.6) is 0 Å². The molecule has 0 saturated carbocycles. The first kappa shape index (κ1) is 5.72. The molecule has 1 heteroatoms. The first-order valence-corrected chi connectivity index (χ1v) is 4.12. The van der Waals surface area contributed by atoms with Crippen LogP contribution in [0.15, 0.2) is 0 Å². The van der Waals surface area contributed by atoms with Crippen LogP contribution in [0.4, 0.5) is 0 Å².